The Labute approximate surface area is 211 Å². The summed E-state index contributed by atoms with van der Waals surface area (Å²) in [6.07, 6.45) is -0.211. The van der Waals surface area contributed by atoms with E-state index in [9.17, 15) is 18.0 Å². The monoisotopic (exact) mass is 506 g/mol. The van der Waals surface area contributed by atoms with Crippen molar-refractivity contribution in [2.24, 2.45) is 0 Å². The van der Waals surface area contributed by atoms with Gasteiger partial charge in [-0.1, -0.05) is 30.8 Å². The highest BCUT2D eigenvalue weighted by atomic mass is 19.4. The van der Waals surface area contributed by atoms with Crippen LogP contribution in [0.2, 0.25) is 0 Å². The Kier molecular flexibility index (Phi) is 5.18. The fourth-order valence-corrected chi connectivity index (χ4v) is 5.55. The molecule has 0 radical (unpaired) electrons. The van der Waals surface area contributed by atoms with E-state index in [4.69, 9.17) is 4.98 Å². The minimum Gasteiger partial charge on any atom is -0.383 e. The average molecular weight is 507 g/mol. The van der Waals surface area contributed by atoms with Crippen LogP contribution in [0.4, 0.5) is 13.2 Å². The number of aryl methyl sites for hydroxylation is 2. The molecular weight excluding hydrogens is 481 g/mol. The number of amides is 1. The molecule has 2 aliphatic rings. The van der Waals surface area contributed by atoms with Crippen LogP contribution in [-0.4, -0.2) is 54.8 Å². The molecule has 10 heteroatoms. The summed E-state index contributed by atoms with van der Waals surface area (Å²) < 4.78 is 41.7. The van der Waals surface area contributed by atoms with E-state index < -0.39 is 12.7 Å². The molecule has 37 heavy (non-hydrogen) atoms. The molecule has 5 heterocycles. The third-order valence-electron chi connectivity index (χ3n) is 7.23. The first kappa shape index (κ1) is 23.3. The third kappa shape index (κ3) is 3.96. The second-order valence-electron chi connectivity index (χ2n) is 9.75. The van der Waals surface area contributed by atoms with Crippen LogP contribution in [0.25, 0.3) is 28.0 Å². The van der Waals surface area contributed by atoms with Crippen LogP contribution in [0.1, 0.15) is 28.2 Å². The molecule has 2 atom stereocenters. The van der Waals surface area contributed by atoms with Gasteiger partial charge in [-0.15, -0.1) is 0 Å². The van der Waals surface area contributed by atoms with Gasteiger partial charge >= 0.3 is 6.18 Å². The van der Waals surface area contributed by atoms with Crippen molar-refractivity contribution in [3.63, 3.8) is 0 Å². The molecule has 0 spiro atoms. The molecule has 1 unspecified atom stereocenters. The number of pyridine rings is 1. The molecule has 2 saturated heterocycles. The maximum Gasteiger partial charge on any atom is 0.408 e. The number of imidazole rings is 1. The van der Waals surface area contributed by atoms with Crippen LogP contribution in [-0.2, 0) is 6.54 Å². The fraction of sp³-hybridized carbons (Fsp3) is 0.296. The normalized spacial score (nSPS) is 19.2. The maximum atomic E-state index is 13.3. The highest BCUT2D eigenvalue weighted by molar-refractivity contribution is 5.96. The van der Waals surface area contributed by atoms with Gasteiger partial charge in [-0.2, -0.15) is 18.3 Å². The number of hydrogen-bond acceptors (Lipinski definition) is 4. The average Bonchev–Trinajstić information content (AvgIpc) is 3.60. The van der Waals surface area contributed by atoms with Crippen molar-refractivity contribution in [3.05, 3.63) is 78.0 Å². The number of fused-ring (bicyclic) bond motifs is 3. The van der Waals surface area contributed by atoms with Gasteiger partial charge < -0.3 is 14.6 Å². The van der Waals surface area contributed by atoms with E-state index in [2.05, 4.69) is 17.0 Å². The lowest BCUT2D eigenvalue weighted by atomic mass is 9.97. The molecule has 1 N–H and O–H groups in total. The lowest BCUT2D eigenvalue weighted by Crippen LogP contribution is -2.44. The molecule has 6 rings (SSSR count). The molecule has 4 aromatic rings. The van der Waals surface area contributed by atoms with Gasteiger partial charge in [0.15, 0.2) is 0 Å². The van der Waals surface area contributed by atoms with Gasteiger partial charge in [0.1, 0.15) is 12.2 Å². The topological polar surface area (TPSA) is 67.5 Å². The quantitative estimate of drug-likeness (QED) is 0.434. The number of rotatable bonds is 4. The van der Waals surface area contributed by atoms with Crippen molar-refractivity contribution in [3.8, 4) is 22.4 Å². The van der Waals surface area contributed by atoms with E-state index in [0.29, 0.717) is 34.7 Å². The van der Waals surface area contributed by atoms with E-state index in [1.807, 2.05) is 46.7 Å². The Balaban J connectivity index is 1.38. The summed E-state index contributed by atoms with van der Waals surface area (Å²) in [7, 11) is 0. The Morgan fingerprint density at radius 3 is 2.62 bits per heavy atom. The highest BCUT2D eigenvalue weighted by Gasteiger charge is 2.43. The van der Waals surface area contributed by atoms with Gasteiger partial charge in [-0.3, -0.25) is 9.48 Å². The minimum atomic E-state index is -4.36. The van der Waals surface area contributed by atoms with E-state index in [0.717, 1.165) is 33.6 Å². The Bertz CT molecular complexity index is 1570. The Hall–Kier alpha value is -4.08. The summed E-state index contributed by atoms with van der Waals surface area (Å²) in [5, 5.41) is 7.40. The SMILES string of the molecule is C=C1NC2C[C@@H]1N(C(=O)c1ccn3c(C)c(-c4ccccc4-c4cn(CC(F)(F)F)nc4C)nc3c1)C2. The number of piperazine rings is 1. The Morgan fingerprint density at radius 1 is 1.16 bits per heavy atom. The van der Waals surface area contributed by atoms with E-state index in [1.54, 1.807) is 19.1 Å². The van der Waals surface area contributed by atoms with Gasteiger partial charge in [0, 0.05) is 53.1 Å². The standard InChI is InChI=1S/C27H25F3N6O/c1-15-22(13-34(33-15)14-27(28,29)30)20-6-4-5-7-21(20)25-17(3)35-9-8-18(10-24(35)32-25)26(37)36-12-19-11-23(36)16(2)31-19/h4-10,13,19,23,31H,2,11-12,14H2,1,3H3/t19?,23-/m0/s1. The van der Waals surface area contributed by atoms with Gasteiger partial charge in [0.05, 0.1) is 17.4 Å². The summed E-state index contributed by atoms with van der Waals surface area (Å²) in [5.74, 6) is -0.0482. The first-order chi connectivity index (χ1) is 17.6. The van der Waals surface area contributed by atoms with Crippen LogP contribution in [0.3, 0.4) is 0 Å². The van der Waals surface area contributed by atoms with Gasteiger partial charge in [-0.25, -0.2) is 4.98 Å². The van der Waals surface area contributed by atoms with Crippen LogP contribution in [0.15, 0.2) is 61.1 Å². The first-order valence-electron chi connectivity index (χ1n) is 12.0. The number of benzene rings is 1. The van der Waals surface area contributed by atoms with Gasteiger partial charge in [-0.05, 0) is 38.0 Å². The van der Waals surface area contributed by atoms with Crippen molar-refractivity contribution in [1.29, 1.82) is 0 Å². The summed E-state index contributed by atoms with van der Waals surface area (Å²) in [6, 6.07) is 11.3. The van der Waals surface area contributed by atoms with Crippen molar-refractivity contribution < 1.29 is 18.0 Å². The molecule has 1 aromatic carbocycles. The molecule has 0 saturated carbocycles. The number of halogens is 3. The molecule has 0 aliphatic carbocycles. The number of likely N-dealkylation sites (tertiary alicyclic amines) is 1. The molecule has 7 nitrogen and oxygen atoms in total. The number of alkyl halides is 3. The van der Waals surface area contributed by atoms with Crippen molar-refractivity contribution in [1.82, 2.24) is 29.4 Å². The predicted octanol–water partition coefficient (Wildman–Crippen LogP) is 4.74. The number of carbonyl (C=O) groups excluding carboxylic acids is 1. The summed E-state index contributed by atoms with van der Waals surface area (Å²) in [5.41, 5.74) is 6.27. The lowest BCUT2D eigenvalue weighted by Gasteiger charge is -2.29. The van der Waals surface area contributed by atoms with Crippen LogP contribution in [0.5, 0.6) is 0 Å². The number of nitrogens with zero attached hydrogens (tertiary/aromatic N) is 5. The predicted molar refractivity (Wildman–Crippen MR) is 133 cm³/mol. The van der Waals surface area contributed by atoms with Crippen LogP contribution in [0, 0.1) is 13.8 Å². The zero-order chi connectivity index (χ0) is 26.1. The van der Waals surface area contributed by atoms with Crippen molar-refractivity contribution in [2.75, 3.05) is 6.54 Å². The van der Waals surface area contributed by atoms with Gasteiger partial charge in [0.25, 0.3) is 5.91 Å². The second kappa shape index (κ2) is 8.22. The number of hydrogen-bond donors (Lipinski definition) is 1. The summed E-state index contributed by atoms with van der Waals surface area (Å²) in [6.45, 7) is 7.17. The largest absolute Gasteiger partial charge is 0.408 e. The molecule has 2 aliphatic heterocycles. The number of carbonyl (C=O) groups is 1. The summed E-state index contributed by atoms with van der Waals surface area (Å²) in [4.78, 5) is 20.0. The minimum absolute atomic E-state index is 0.0131. The van der Waals surface area contributed by atoms with E-state index >= 15 is 0 Å². The molecule has 2 bridgehead atoms. The van der Waals surface area contributed by atoms with E-state index in [-0.39, 0.29) is 18.0 Å². The molecule has 3 aromatic heterocycles. The second-order valence-corrected chi connectivity index (χ2v) is 9.75. The van der Waals surface area contributed by atoms with Crippen LogP contribution >= 0.6 is 0 Å². The van der Waals surface area contributed by atoms with Crippen molar-refractivity contribution in [2.45, 2.75) is 45.1 Å². The molecule has 2 fully saturated rings. The zero-order valence-corrected chi connectivity index (χ0v) is 20.4. The smallest absolute Gasteiger partial charge is 0.383 e. The highest BCUT2D eigenvalue weighted by Crippen LogP contribution is 2.36. The third-order valence-corrected chi connectivity index (χ3v) is 7.23. The van der Waals surface area contributed by atoms with E-state index in [1.165, 1.54) is 6.20 Å². The van der Waals surface area contributed by atoms with Crippen molar-refractivity contribution >= 4 is 11.6 Å². The zero-order valence-electron chi connectivity index (χ0n) is 20.4. The number of aromatic nitrogens is 4. The van der Waals surface area contributed by atoms with Gasteiger partial charge in [0.2, 0.25) is 0 Å². The molecule has 1 amide bonds. The lowest BCUT2D eigenvalue weighted by molar-refractivity contribution is -0.142. The fourth-order valence-electron chi connectivity index (χ4n) is 5.55. The van der Waals surface area contributed by atoms with Crippen LogP contribution < -0.4 is 5.32 Å². The number of nitrogens with one attached hydrogen (secondary N) is 1. The molecular formula is C27H25F3N6O. The summed E-state index contributed by atoms with van der Waals surface area (Å²) >= 11 is 0. The first-order valence-corrected chi connectivity index (χ1v) is 12.0. The maximum absolute atomic E-state index is 13.3. The molecule has 190 valence electrons. The Morgan fingerprint density at radius 2 is 1.92 bits per heavy atom.